The van der Waals surface area contributed by atoms with Crippen LogP contribution in [0.15, 0.2) is 58.4 Å². The van der Waals surface area contributed by atoms with E-state index >= 15 is 0 Å². The lowest BCUT2D eigenvalue weighted by molar-refractivity contribution is 0.315. The maximum atomic E-state index is 13.6. The summed E-state index contributed by atoms with van der Waals surface area (Å²) >= 11 is 0. The average molecular weight is 383 g/mol. The molecule has 0 amide bonds. The molecule has 5 heteroatoms. The normalized spacial score (nSPS) is 22.4. The van der Waals surface area contributed by atoms with Crippen molar-refractivity contribution in [3.63, 3.8) is 0 Å². The molecule has 0 unspecified atom stereocenters. The molecule has 1 aliphatic heterocycles. The second kappa shape index (κ2) is 7.12. The molecule has 0 spiro atoms. The van der Waals surface area contributed by atoms with Gasteiger partial charge in [0.15, 0.2) is 0 Å². The van der Waals surface area contributed by atoms with E-state index in [4.69, 9.17) is 4.99 Å². The summed E-state index contributed by atoms with van der Waals surface area (Å²) in [6.45, 7) is 4.08. The second-order valence-corrected chi connectivity index (χ2v) is 9.35. The maximum Gasteiger partial charge on any atom is 0.265 e. The Hall–Kier alpha value is -2.14. The molecule has 1 aliphatic carbocycles. The van der Waals surface area contributed by atoms with Gasteiger partial charge in [0.25, 0.3) is 10.0 Å². The second-order valence-electron chi connectivity index (χ2n) is 7.54. The van der Waals surface area contributed by atoms with Crippen LogP contribution in [0.4, 0.5) is 0 Å². The Bertz CT molecular complexity index is 947. The summed E-state index contributed by atoms with van der Waals surface area (Å²) in [4.78, 5) is 5.23. The molecule has 2 aromatic rings. The quantitative estimate of drug-likeness (QED) is 0.791. The van der Waals surface area contributed by atoms with Crippen molar-refractivity contribution in [3.8, 4) is 0 Å². The Morgan fingerprint density at radius 2 is 1.67 bits per heavy atom. The lowest BCUT2D eigenvalue weighted by atomic mass is 9.92. The van der Waals surface area contributed by atoms with Crippen LogP contribution in [0.1, 0.15) is 49.3 Å². The van der Waals surface area contributed by atoms with Crippen molar-refractivity contribution in [3.05, 3.63) is 65.2 Å². The number of benzene rings is 2. The molecule has 1 saturated carbocycles. The first kappa shape index (κ1) is 18.2. The van der Waals surface area contributed by atoms with Gasteiger partial charge in [0, 0.05) is 5.56 Å². The van der Waals surface area contributed by atoms with Crippen LogP contribution in [0, 0.1) is 6.92 Å². The van der Waals surface area contributed by atoms with E-state index in [0.717, 1.165) is 43.2 Å². The van der Waals surface area contributed by atoms with Crippen LogP contribution in [0.5, 0.6) is 0 Å². The van der Waals surface area contributed by atoms with Crippen molar-refractivity contribution in [2.24, 2.45) is 4.99 Å². The fourth-order valence-corrected chi connectivity index (χ4v) is 5.78. The minimum atomic E-state index is -3.64. The molecule has 1 heterocycles. The van der Waals surface area contributed by atoms with Crippen LogP contribution < -0.4 is 0 Å². The summed E-state index contributed by atoms with van der Waals surface area (Å²) in [5.41, 5.74) is 3.18. The van der Waals surface area contributed by atoms with Gasteiger partial charge in [-0.3, -0.25) is 4.99 Å². The van der Waals surface area contributed by atoms with Gasteiger partial charge in [-0.05, 0) is 43.9 Å². The maximum absolute atomic E-state index is 13.6. The van der Waals surface area contributed by atoms with Crippen LogP contribution in [0.2, 0.25) is 0 Å². The van der Waals surface area contributed by atoms with Crippen LogP contribution in [-0.4, -0.2) is 30.6 Å². The standard InChI is InChI=1S/C22H26N2O2S/c1-3-17-10-12-18(13-11-17)22-23-20-6-4-5-7-21(20)24(22)27(25,26)19-14-8-16(2)9-15-19/h8-15,20-21H,3-7H2,1-2H3/t20-,21-/m1/s1. The van der Waals surface area contributed by atoms with Crippen LogP contribution in [0.25, 0.3) is 0 Å². The zero-order chi connectivity index (χ0) is 19.0. The van der Waals surface area contributed by atoms with E-state index in [2.05, 4.69) is 19.1 Å². The van der Waals surface area contributed by atoms with Crippen molar-refractivity contribution >= 4 is 15.9 Å². The largest absolute Gasteiger partial charge is 0.265 e. The van der Waals surface area contributed by atoms with Gasteiger partial charge < -0.3 is 0 Å². The van der Waals surface area contributed by atoms with Crippen molar-refractivity contribution in [2.75, 3.05) is 0 Å². The average Bonchev–Trinajstić information content (AvgIpc) is 3.09. The molecule has 27 heavy (non-hydrogen) atoms. The Kier molecular flexibility index (Phi) is 4.81. The molecule has 0 bridgehead atoms. The van der Waals surface area contributed by atoms with E-state index in [1.807, 2.05) is 31.2 Å². The highest BCUT2D eigenvalue weighted by Gasteiger charge is 2.44. The molecule has 0 saturated heterocycles. The molecule has 0 aromatic heterocycles. The number of aryl methyl sites for hydroxylation is 2. The smallest absolute Gasteiger partial charge is 0.262 e. The molecule has 4 nitrogen and oxygen atoms in total. The number of hydrogen-bond acceptors (Lipinski definition) is 3. The molecule has 1 fully saturated rings. The third-order valence-corrected chi connectivity index (χ3v) is 7.52. The fourth-order valence-electron chi connectivity index (χ4n) is 4.09. The van der Waals surface area contributed by atoms with Crippen LogP contribution >= 0.6 is 0 Å². The van der Waals surface area contributed by atoms with E-state index in [9.17, 15) is 8.42 Å². The summed E-state index contributed by atoms with van der Waals surface area (Å²) in [5.74, 6) is 0.607. The monoisotopic (exact) mass is 382 g/mol. The molecule has 142 valence electrons. The first-order valence-electron chi connectivity index (χ1n) is 9.79. The molecular formula is C22H26N2O2S. The number of hydrogen-bond donors (Lipinski definition) is 0. The summed E-state index contributed by atoms with van der Waals surface area (Å²) in [6, 6.07) is 15.3. The topological polar surface area (TPSA) is 49.7 Å². The molecule has 0 N–H and O–H groups in total. The van der Waals surface area contributed by atoms with E-state index < -0.39 is 10.0 Å². The Labute approximate surface area is 162 Å². The van der Waals surface area contributed by atoms with Gasteiger partial charge in [-0.2, -0.15) is 0 Å². The zero-order valence-electron chi connectivity index (χ0n) is 15.9. The molecular weight excluding hydrogens is 356 g/mol. The van der Waals surface area contributed by atoms with Crippen LogP contribution in [0.3, 0.4) is 0 Å². The third-order valence-electron chi connectivity index (χ3n) is 5.69. The lowest BCUT2D eigenvalue weighted by Gasteiger charge is -2.32. The Morgan fingerprint density at radius 1 is 1.00 bits per heavy atom. The molecule has 0 radical (unpaired) electrons. The SMILES string of the molecule is CCc1ccc(C2=N[C@@H]3CCCC[C@H]3N2S(=O)(=O)c2ccc(C)cc2)cc1. The Morgan fingerprint density at radius 3 is 2.33 bits per heavy atom. The fraction of sp³-hybridized carbons (Fsp3) is 0.409. The van der Waals surface area contributed by atoms with E-state index in [-0.39, 0.29) is 12.1 Å². The van der Waals surface area contributed by atoms with Gasteiger partial charge in [0.2, 0.25) is 0 Å². The third kappa shape index (κ3) is 3.29. The first-order valence-corrected chi connectivity index (χ1v) is 11.2. The van der Waals surface area contributed by atoms with E-state index in [1.54, 1.807) is 16.4 Å². The van der Waals surface area contributed by atoms with Gasteiger partial charge in [-0.25, -0.2) is 12.7 Å². The van der Waals surface area contributed by atoms with Gasteiger partial charge in [-0.1, -0.05) is 61.7 Å². The minimum Gasteiger partial charge on any atom is -0.262 e. The summed E-state index contributed by atoms with van der Waals surface area (Å²) in [7, 11) is -3.64. The number of fused-ring (bicyclic) bond motifs is 1. The molecule has 2 aromatic carbocycles. The highest BCUT2D eigenvalue weighted by atomic mass is 32.2. The zero-order valence-corrected chi connectivity index (χ0v) is 16.7. The minimum absolute atomic E-state index is 0.0640. The number of amidine groups is 1. The van der Waals surface area contributed by atoms with Crippen molar-refractivity contribution in [1.82, 2.24) is 4.31 Å². The number of rotatable bonds is 4. The number of nitrogens with zero attached hydrogens (tertiary/aromatic N) is 2. The van der Waals surface area contributed by atoms with Gasteiger partial charge in [0.05, 0.1) is 17.0 Å². The molecule has 2 aliphatic rings. The summed E-state index contributed by atoms with van der Waals surface area (Å²) < 4.78 is 28.7. The first-order chi connectivity index (χ1) is 13.0. The van der Waals surface area contributed by atoms with Crippen molar-refractivity contribution in [1.29, 1.82) is 0 Å². The van der Waals surface area contributed by atoms with Crippen molar-refractivity contribution in [2.45, 2.75) is 62.9 Å². The van der Waals surface area contributed by atoms with Gasteiger partial charge >= 0.3 is 0 Å². The lowest BCUT2D eigenvalue weighted by Crippen LogP contribution is -2.45. The highest BCUT2D eigenvalue weighted by molar-refractivity contribution is 7.89. The predicted molar refractivity (Wildman–Crippen MR) is 109 cm³/mol. The van der Waals surface area contributed by atoms with Crippen LogP contribution in [-0.2, 0) is 16.4 Å². The summed E-state index contributed by atoms with van der Waals surface area (Å²) in [5, 5.41) is 0. The van der Waals surface area contributed by atoms with E-state index in [0.29, 0.717) is 10.7 Å². The summed E-state index contributed by atoms with van der Waals surface area (Å²) in [6.07, 6.45) is 4.96. The molecule has 2 atom stereocenters. The number of aliphatic imine (C=N–C) groups is 1. The highest BCUT2D eigenvalue weighted by Crippen LogP contribution is 2.36. The van der Waals surface area contributed by atoms with Crippen molar-refractivity contribution < 1.29 is 8.42 Å². The van der Waals surface area contributed by atoms with Gasteiger partial charge in [-0.15, -0.1) is 0 Å². The molecule has 4 rings (SSSR count). The predicted octanol–water partition coefficient (Wildman–Crippen LogP) is 4.32. The number of sulfonamides is 1. The van der Waals surface area contributed by atoms with E-state index in [1.165, 1.54) is 5.56 Å². The van der Waals surface area contributed by atoms with Gasteiger partial charge in [0.1, 0.15) is 5.84 Å². The Balaban J connectivity index is 1.78.